The molecule has 0 aromatic heterocycles. The third kappa shape index (κ3) is 3.41. The van der Waals surface area contributed by atoms with Gasteiger partial charge in [0, 0.05) is 6.04 Å². The van der Waals surface area contributed by atoms with Crippen LogP contribution in [0.25, 0.3) is 0 Å². The van der Waals surface area contributed by atoms with Crippen LogP contribution >= 0.6 is 15.9 Å². The lowest BCUT2D eigenvalue weighted by molar-refractivity contribution is 0.470. The van der Waals surface area contributed by atoms with Gasteiger partial charge in [-0.05, 0) is 58.1 Å². The fraction of sp³-hybridized carbons (Fsp3) is 0.294. The van der Waals surface area contributed by atoms with Gasteiger partial charge < -0.3 is 10.5 Å². The highest BCUT2D eigenvalue weighted by atomic mass is 79.9. The summed E-state index contributed by atoms with van der Waals surface area (Å²) in [4.78, 5) is 0. The van der Waals surface area contributed by atoms with E-state index in [0.717, 1.165) is 21.5 Å². The van der Waals surface area contributed by atoms with E-state index < -0.39 is 0 Å². The first-order valence-electron chi connectivity index (χ1n) is 6.81. The van der Waals surface area contributed by atoms with E-state index in [2.05, 4.69) is 35.8 Å². The highest BCUT2D eigenvalue weighted by molar-refractivity contribution is 9.10. The van der Waals surface area contributed by atoms with Gasteiger partial charge in [-0.2, -0.15) is 0 Å². The predicted octanol–water partition coefficient (Wildman–Crippen LogP) is 5.38. The van der Waals surface area contributed by atoms with E-state index in [-0.39, 0.29) is 6.04 Å². The molecule has 0 unspecified atom stereocenters. The molecule has 0 radical (unpaired) electrons. The van der Waals surface area contributed by atoms with Gasteiger partial charge in [-0.1, -0.05) is 38.1 Å². The molecule has 2 aromatic rings. The zero-order chi connectivity index (χ0) is 14.7. The van der Waals surface area contributed by atoms with Crippen molar-refractivity contribution in [3.05, 3.63) is 58.1 Å². The number of hydrogen-bond donors (Lipinski definition) is 1. The number of nitrogens with two attached hydrogens (primary N) is 1. The molecule has 0 heterocycles. The SMILES string of the molecule is CC(C)c1ccccc1Oc1ccc([C@H](C)N)cc1Br. The average Bonchev–Trinajstić information content (AvgIpc) is 2.41. The Morgan fingerprint density at radius 3 is 2.30 bits per heavy atom. The van der Waals surface area contributed by atoms with E-state index in [4.69, 9.17) is 10.5 Å². The molecule has 0 spiro atoms. The quantitative estimate of drug-likeness (QED) is 0.814. The van der Waals surface area contributed by atoms with Gasteiger partial charge in [0.1, 0.15) is 11.5 Å². The fourth-order valence-electron chi connectivity index (χ4n) is 2.05. The molecule has 0 saturated heterocycles. The number of para-hydroxylation sites is 1. The summed E-state index contributed by atoms with van der Waals surface area (Å²) in [5.41, 5.74) is 8.18. The summed E-state index contributed by atoms with van der Waals surface area (Å²) in [6.45, 7) is 6.29. The van der Waals surface area contributed by atoms with Crippen molar-refractivity contribution < 1.29 is 4.74 Å². The number of hydrogen-bond acceptors (Lipinski definition) is 2. The fourth-order valence-corrected chi connectivity index (χ4v) is 2.53. The molecule has 0 aliphatic heterocycles. The summed E-state index contributed by atoms with van der Waals surface area (Å²) >= 11 is 3.55. The molecule has 106 valence electrons. The van der Waals surface area contributed by atoms with Crippen LogP contribution in [0.3, 0.4) is 0 Å². The minimum absolute atomic E-state index is 0.0169. The Hall–Kier alpha value is -1.32. The molecule has 0 aliphatic carbocycles. The van der Waals surface area contributed by atoms with Gasteiger partial charge in [-0.25, -0.2) is 0 Å². The first kappa shape index (κ1) is 15.1. The maximum absolute atomic E-state index is 6.05. The average molecular weight is 334 g/mol. The van der Waals surface area contributed by atoms with Crippen molar-refractivity contribution in [2.75, 3.05) is 0 Å². The number of benzene rings is 2. The van der Waals surface area contributed by atoms with Crippen molar-refractivity contribution in [1.29, 1.82) is 0 Å². The topological polar surface area (TPSA) is 35.2 Å². The highest BCUT2D eigenvalue weighted by Crippen LogP contribution is 2.35. The van der Waals surface area contributed by atoms with Gasteiger partial charge in [0.2, 0.25) is 0 Å². The van der Waals surface area contributed by atoms with Crippen LogP contribution in [0, 0.1) is 0 Å². The van der Waals surface area contributed by atoms with Crippen LogP contribution < -0.4 is 10.5 Å². The van der Waals surface area contributed by atoms with Gasteiger partial charge in [0.15, 0.2) is 0 Å². The zero-order valence-corrected chi connectivity index (χ0v) is 13.6. The molecule has 20 heavy (non-hydrogen) atoms. The molecular weight excluding hydrogens is 314 g/mol. The van der Waals surface area contributed by atoms with Crippen LogP contribution in [-0.2, 0) is 0 Å². The van der Waals surface area contributed by atoms with Gasteiger partial charge in [0.05, 0.1) is 4.47 Å². The third-order valence-electron chi connectivity index (χ3n) is 3.24. The molecule has 2 rings (SSSR count). The van der Waals surface area contributed by atoms with Crippen molar-refractivity contribution in [2.24, 2.45) is 5.73 Å². The lowest BCUT2D eigenvalue weighted by Gasteiger charge is -2.15. The first-order chi connectivity index (χ1) is 9.49. The van der Waals surface area contributed by atoms with Gasteiger partial charge in [-0.15, -0.1) is 0 Å². The van der Waals surface area contributed by atoms with Gasteiger partial charge >= 0.3 is 0 Å². The smallest absolute Gasteiger partial charge is 0.141 e. The normalized spacial score (nSPS) is 12.5. The Morgan fingerprint density at radius 2 is 1.70 bits per heavy atom. The molecule has 2 N–H and O–H groups in total. The second kappa shape index (κ2) is 6.42. The molecule has 0 saturated carbocycles. The molecule has 2 aromatic carbocycles. The van der Waals surface area contributed by atoms with Crippen molar-refractivity contribution in [3.8, 4) is 11.5 Å². The van der Waals surface area contributed by atoms with E-state index in [1.54, 1.807) is 0 Å². The number of halogens is 1. The van der Waals surface area contributed by atoms with Gasteiger partial charge in [-0.3, -0.25) is 0 Å². The summed E-state index contributed by atoms with van der Waals surface area (Å²) in [5.74, 6) is 2.13. The summed E-state index contributed by atoms with van der Waals surface area (Å²) in [6, 6.07) is 14.1. The lowest BCUT2D eigenvalue weighted by Crippen LogP contribution is -2.04. The summed E-state index contributed by atoms with van der Waals surface area (Å²) in [5, 5.41) is 0. The zero-order valence-electron chi connectivity index (χ0n) is 12.1. The molecule has 2 nitrogen and oxygen atoms in total. The minimum atomic E-state index is 0.0169. The largest absolute Gasteiger partial charge is 0.456 e. The van der Waals surface area contributed by atoms with Gasteiger partial charge in [0.25, 0.3) is 0 Å². The van der Waals surface area contributed by atoms with Crippen molar-refractivity contribution in [3.63, 3.8) is 0 Å². The number of rotatable bonds is 4. The second-order valence-electron chi connectivity index (χ2n) is 5.27. The van der Waals surface area contributed by atoms with E-state index in [9.17, 15) is 0 Å². The summed E-state index contributed by atoms with van der Waals surface area (Å²) in [7, 11) is 0. The van der Waals surface area contributed by atoms with Crippen molar-refractivity contribution >= 4 is 15.9 Å². The molecule has 0 fully saturated rings. The van der Waals surface area contributed by atoms with E-state index >= 15 is 0 Å². The molecule has 3 heteroatoms. The molecule has 1 atom stereocenters. The standard InChI is InChI=1S/C17H20BrNO/c1-11(2)14-6-4-5-7-16(14)20-17-9-8-13(12(3)19)10-15(17)18/h4-12H,19H2,1-3H3/t12-/m0/s1. The Balaban J connectivity index is 2.31. The van der Waals surface area contributed by atoms with E-state index in [1.165, 1.54) is 5.56 Å². The summed E-state index contributed by atoms with van der Waals surface area (Å²) in [6.07, 6.45) is 0. The Bertz CT molecular complexity index is 593. The van der Waals surface area contributed by atoms with Crippen molar-refractivity contribution in [1.82, 2.24) is 0 Å². The lowest BCUT2D eigenvalue weighted by atomic mass is 10.0. The first-order valence-corrected chi connectivity index (χ1v) is 7.60. The second-order valence-corrected chi connectivity index (χ2v) is 6.13. The monoisotopic (exact) mass is 333 g/mol. The molecule has 0 amide bonds. The third-order valence-corrected chi connectivity index (χ3v) is 3.86. The van der Waals surface area contributed by atoms with Crippen LogP contribution in [0.4, 0.5) is 0 Å². The minimum Gasteiger partial charge on any atom is -0.456 e. The Morgan fingerprint density at radius 1 is 1.00 bits per heavy atom. The maximum Gasteiger partial charge on any atom is 0.141 e. The molecular formula is C17H20BrNO. The van der Waals surface area contributed by atoms with Crippen LogP contribution in [-0.4, -0.2) is 0 Å². The van der Waals surface area contributed by atoms with E-state index in [1.807, 2.05) is 43.3 Å². The number of ether oxygens (including phenoxy) is 1. The highest BCUT2D eigenvalue weighted by Gasteiger charge is 2.11. The van der Waals surface area contributed by atoms with Crippen LogP contribution in [0.2, 0.25) is 0 Å². The van der Waals surface area contributed by atoms with Crippen molar-refractivity contribution in [2.45, 2.75) is 32.7 Å². The molecule has 0 bridgehead atoms. The van der Waals surface area contributed by atoms with Crippen LogP contribution in [0.1, 0.15) is 43.9 Å². The predicted molar refractivity (Wildman–Crippen MR) is 87.3 cm³/mol. The Kier molecular flexibility index (Phi) is 4.84. The molecule has 0 aliphatic rings. The maximum atomic E-state index is 6.05. The van der Waals surface area contributed by atoms with E-state index in [0.29, 0.717) is 5.92 Å². The summed E-state index contributed by atoms with van der Waals surface area (Å²) < 4.78 is 6.97. The van der Waals surface area contributed by atoms with Crippen LogP contribution in [0.5, 0.6) is 11.5 Å². The van der Waals surface area contributed by atoms with Crippen LogP contribution in [0.15, 0.2) is 46.9 Å². The Labute approximate surface area is 129 Å².